The molecule has 0 fully saturated rings. The zero-order valence-corrected chi connectivity index (χ0v) is 16.2. The van der Waals surface area contributed by atoms with Gasteiger partial charge in [0.05, 0.1) is 17.3 Å². The molecule has 1 aliphatic carbocycles. The van der Waals surface area contributed by atoms with Crippen LogP contribution in [-0.4, -0.2) is 15.5 Å². The number of aromatic nitrogens is 2. The van der Waals surface area contributed by atoms with E-state index in [0.717, 1.165) is 48.2 Å². The smallest absolute Gasteiger partial charge is 0.326 e. The van der Waals surface area contributed by atoms with Crippen molar-refractivity contribution in [3.8, 4) is 0 Å². The Bertz CT molecular complexity index is 1130. The highest BCUT2D eigenvalue weighted by molar-refractivity contribution is 7.18. The first-order chi connectivity index (χ1) is 13.8. The molecule has 1 N–H and O–H groups in total. The highest BCUT2D eigenvalue weighted by Gasteiger charge is 2.30. The SMILES string of the molecule is O=C(CCn1cnc2sc3c(c2c1=O)CCCC3)Nc1cccc(C(F)(F)F)c1. The topological polar surface area (TPSA) is 64.0 Å². The molecule has 0 bridgehead atoms. The van der Waals surface area contributed by atoms with Crippen molar-refractivity contribution in [3.63, 3.8) is 0 Å². The van der Waals surface area contributed by atoms with E-state index in [4.69, 9.17) is 0 Å². The first kappa shape index (κ1) is 19.6. The molecule has 1 aromatic carbocycles. The number of halogens is 3. The van der Waals surface area contributed by atoms with E-state index in [-0.39, 0.29) is 24.2 Å². The van der Waals surface area contributed by atoms with Crippen LogP contribution < -0.4 is 10.9 Å². The summed E-state index contributed by atoms with van der Waals surface area (Å²) in [7, 11) is 0. The number of amides is 1. The Morgan fingerprint density at radius 2 is 2.03 bits per heavy atom. The first-order valence-corrected chi connectivity index (χ1v) is 10.1. The summed E-state index contributed by atoms with van der Waals surface area (Å²) in [6.45, 7) is 0.108. The maximum atomic E-state index is 12.9. The molecule has 0 saturated carbocycles. The Labute approximate surface area is 168 Å². The zero-order valence-electron chi connectivity index (χ0n) is 15.4. The fourth-order valence-corrected chi connectivity index (χ4v) is 4.78. The predicted octanol–water partition coefficient (Wildman–Crippen LogP) is 4.38. The Kier molecular flexibility index (Phi) is 5.16. The van der Waals surface area contributed by atoms with E-state index < -0.39 is 17.6 Å². The molecular formula is C20H18F3N3O2S. The molecule has 0 radical (unpaired) electrons. The molecule has 1 amide bonds. The van der Waals surface area contributed by atoms with Crippen LogP contribution in [0.5, 0.6) is 0 Å². The highest BCUT2D eigenvalue weighted by atomic mass is 32.1. The Morgan fingerprint density at radius 1 is 1.24 bits per heavy atom. The van der Waals surface area contributed by atoms with E-state index in [1.807, 2.05) is 0 Å². The van der Waals surface area contributed by atoms with Crippen LogP contribution in [0.15, 0.2) is 35.4 Å². The van der Waals surface area contributed by atoms with Crippen LogP contribution in [0.2, 0.25) is 0 Å². The molecule has 152 valence electrons. The number of fused-ring (bicyclic) bond motifs is 3. The maximum Gasteiger partial charge on any atom is 0.416 e. The summed E-state index contributed by atoms with van der Waals surface area (Å²) in [5, 5.41) is 3.10. The molecule has 4 rings (SSSR count). The van der Waals surface area contributed by atoms with Crippen LogP contribution in [0.3, 0.4) is 0 Å². The minimum atomic E-state index is -4.48. The van der Waals surface area contributed by atoms with Gasteiger partial charge in [-0.1, -0.05) is 6.07 Å². The van der Waals surface area contributed by atoms with Crippen LogP contribution in [0.1, 0.15) is 35.3 Å². The largest absolute Gasteiger partial charge is 0.416 e. The fraction of sp³-hybridized carbons (Fsp3) is 0.350. The molecule has 2 aromatic heterocycles. The number of thiophene rings is 1. The number of carbonyl (C=O) groups is 1. The van der Waals surface area contributed by atoms with Crippen LogP contribution >= 0.6 is 11.3 Å². The van der Waals surface area contributed by atoms with Gasteiger partial charge >= 0.3 is 6.18 Å². The minimum absolute atomic E-state index is 0.0460. The average Bonchev–Trinajstić information content (AvgIpc) is 3.06. The normalized spacial score (nSPS) is 14.0. The molecule has 3 aromatic rings. The molecule has 9 heteroatoms. The second-order valence-electron chi connectivity index (χ2n) is 7.01. The molecule has 0 saturated heterocycles. The summed E-state index contributed by atoms with van der Waals surface area (Å²) in [6, 6.07) is 4.46. The lowest BCUT2D eigenvalue weighted by Gasteiger charge is -2.11. The van der Waals surface area contributed by atoms with E-state index in [1.165, 1.54) is 27.9 Å². The summed E-state index contributed by atoms with van der Waals surface area (Å²) in [5.41, 5.74) is 0.152. The Hall–Kier alpha value is -2.68. The van der Waals surface area contributed by atoms with Gasteiger partial charge in [-0.2, -0.15) is 13.2 Å². The molecule has 0 atom stereocenters. The van der Waals surface area contributed by atoms with E-state index in [9.17, 15) is 22.8 Å². The van der Waals surface area contributed by atoms with Gasteiger partial charge in [-0.05, 0) is 49.4 Å². The molecule has 1 aliphatic rings. The predicted molar refractivity (Wildman–Crippen MR) is 105 cm³/mol. The van der Waals surface area contributed by atoms with Crippen molar-refractivity contribution in [2.45, 2.75) is 44.8 Å². The number of nitrogens with zero attached hydrogens (tertiary/aromatic N) is 2. The number of aryl methyl sites for hydroxylation is 3. The van der Waals surface area contributed by atoms with E-state index >= 15 is 0 Å². The van der Waals surface area contributed by atoms with Gasteiger partial charge < -0.3 is 5.32 Å². The summed E-state index contributed by atoms with van der Waals surface area (Å²) < 4.78 is 39.7. The van der Waals surface area contributed by atoms with Crippen molar-refractivity contribution >= 4 is 33.1 Å². The number of anilines is 1. The van der Waals surface area contributed by atoms with E-state index in [2.05, 4.69) is 10.3 Å². The third-order valence-corrected chi connectivity index (χ3v) is 6.20. The second kappa shape index (κ2) is 7.62. The third-order valence-electron chi connectivity index (χ3n) is 5.00. The monoisotopic (exact) mass is 421 g/mol. The zero-order chi connectivity index (χ0) is 20.6. The first-order valence-electron chi connectivity index (χ1n) is 9.30. The van der Waals surface area contributed by atoms with Crippen LogP contribution in [0.4, 0.5) is 18.9 Å². The minimum Gasteiger partial charge on any atom is -0.326 e. The Morgan fingerprint density at radius 3 is 2.83 bits per heavy atom. The molecule has 0 spiro atoms. The van der Waals surface area contributed by atoms with Crippen molar-refractivity contribution in [1.29, 1.82) is 0 Å². The number of hydrogen-bond donors (Lipinski definition) is 1. The van der Waals surface area contributed by atoms with Crippen molar-refractivity contribution in [1.82, 2.24) is 9.55 Å². The summed E-state index contributed by atoms with van der Waals surface area (Å²) >= 11 is 1.56. The van der Waals surface area contributed by atoms with E-state index in [0.29, 0.717) is 5.39 Å². The van der Waals surface area contributed by atoms with Crippen LogP contribution in [0.25, 0.3) is 10.2 Å². The van der Waals surface area contributed by atoms with Crippen molar-refractivity contribution in [2.24, 2.45) is 0 Å². The molecule has 0 aliphatic heterocycles. The number of hydrogen-bond acceptors (Lipinski definition) is 4. The molecule has 5 nitrogen and oxygen atoms in total. The quantitative estimate of drug-likeness (QED) is 0.680. The summed E-state index contributed by atoms with van der Waals surface area (Å²) in [6.07, 6.45) is 0.909. The molecule has 29 heavy (non-hydrogen) atoms. The Balaban J connectivity index is 1.48. The van der Waals surface area contributed by atoms with Gasteiger partial charge in [-0.15, -0.1) is 11.3 Å². The number of benzene rings is 1. The van der Waals surface area contributed by atoms with Crippen LogP contribution in [0, 0.1) is 0 Å². The maximum absolute atomic E-state index is 12.9. The average molecular weight is 421 g/mol. The molecule has 2 heterocycles. The molecule has 0 unspecified atom stereocenters. The van der Waals surface area contributed by atoms with Gasteiger partial charge in [-0.3, -0.25) is 14.2 Å². The lowest BCUT2D eigenvalue weighted by Crippen LogP contribution is -2.24. The lowest BCUT2D eigenvalue weighted by molar-refractivity contribution is -0.137. The molecular weight excluding hydrogens is 403 g/mol. The van der Waals surface area contributed by atoms with Crippen molar-refractivity contribution in [2.75, 3.05) is 5.32 Å². The summed E-state index contributed by atoms with van der Waals surface area (Å²) in [4.78, 5) is 31.4. The van der Waals surface area contributed by atoms with Gasteiger partial charge in [0.15, 0.2) is 0 Å². The number of nitrogens with one attached hydrogen (secondary N) is 1. The standard InChI is InChI=1S/C20H18F3N3O2S/c21-20(22,23)12-4-3-5-13(10-12)25-16(27)8-9-26-11-24-18-17(19(26)28)14-6-1-2-7-15(14)29-18/h3-5,10-11H,1-2,6-9H2,(H,25,27). The number of alkyl halides is 3. The van der Waals surface area contributed by atoms with Gasteiger partial charge in [0.1, 0.15) is 4.83 Å². The van der Waals surface area contributed by atoms with Gasteiger partial charge in [0, 0.05) is 23.5 Å². The number of rotatable bonds is 4. The van der Waals surface area contributed by atoms with Gasteiger partial charge in [0.2, 0.25) is 5.91 Å². The fourth-order valence-electron chi connectivity index (χ4n) is 3.56. The second-order valence-corrected chi connectivity index (χ2v) is 8.09. The van der Waals surface area contributed by atoms with Crippen LogP contribution in [-0.2, 0) is 30.4 Å². The highest BCUT2D eigenvalue weighted by Crippen LogP contribution is 2.33. The van der Waals surface area contributed by atoms with Crippen molar-refractivity contribution < 1.29 is 18.0 Å². The number of carbonyl (C=O) groups excluding carboxylic acids is 1. The van der Waals surface area contributed by atoms with Gasteiger partial charge in [-0.25, -0.2) is 4.98 Å². The van der Waals surface area contributed by atoms with E-state index in [1.54, 1.807) is 11.3 Å². The van der Waals surface area contributed by atoms with Crippen molar-refractivity contribution in [3.05, 3.63) is 57.0 Å². The third kappa shape index (κ3) is 4.05. The summed E-state index contributed by atoms with van der Waals surface area (Å²) in [5.74, 6) is -0.469. The van der Waals surface area contributed by atoms with Gasteiger partial charge in [0.25, 0.3) is 5.56 Å². The lowest BCUT2D eigenvalue weighted by atomic mass is 9.97.